The van der Waals surface area contributed by atoms with Crippen LogP contribution in [0.2, 0.25) is 0 Å². The van der Waals surface area contributed by atoms with Crippen LogP contribution < -0.4 is 11.1 Å². The van der Waals surface area contributed by atoms with E-state index in [1.165, 1.54) is 24.0 Å². The minimum Gasteiger partial charge on any atom is -0.477 e. The smallest absolute Gasteiger partial charge is 0.354 e. The van der Waals surface area contributed by atoms with Crippen LogP contribution in [0.4, 0.5) is 0 Å². The molecule has 0 bridgehead atoms. The van der Waals surface area contributed by atoms with E-state index in [0.717, 1.165) is 0 Å². The average molecular weight is 187 g/mol. The van der Waals surface area contributed by atoms with Crippen LogP contribution in [0, 0.1) is 0 Å². The van der Waals surface area contributed by atoms with E-state index in [9.17, 15) is 4.79 Å². The minimum atomic E-state index is -1.07. The Morgan fingerprint density at radius 3 is 3.08 bits per heavy atom. The zero-order chi connectivity index (χ0) is 9.19. The number of thioether (sulfide) groups is 1. The van der Waals surface area contributed by atoms with Gasteiger partial charge in [0.2, 0.25) is 5.12 Å². The Morgan fingerprint density at radius 1 is 1.92 bits per heavy atom. The molecule has 0 saturated heterocycles. The van der Waals surface area contributed by atoms with Gasteiger partial charge in [0.25, 0.3) is 0 Å². The summed E-state index contributed by atoms with van der Waals surface area (Å²) in [7, 11) is 0. The second kappa shape index (κ2) is 3.16. The maximum Gasteiger partial charge on any atom is 0.354 e. The molecule has 1 aliphatic heterocycles. The summed E-state index contributed by atoms with van der Waals surface area (Å²) < 4.78 is 0. The Labute approximate surface area is 73.7 Å². The Hall–Kier alpha value is -1.01. The number of carbonyl (C=O) groups is 1. The van der Waals surface area contributed by atoms with E-state index in [1.54, 1.807) is 6.26 Å². The molecule has 1 atom stereocenters. The molecule has 1 rings (SSSR count). The molecule has 1 aliphatic rings. The number of aliphatic imine (C=N–C) groups is 1. The van der Waals surface area contributed by atoms with Crippen molar-refractivity contribution >= 4 is 23.4 Å². The van der Waals surface area contributed by atoms with Crippen molar-refractivity contribution in [1.29, 1.82) is 0 Å². The molecular weight excluding hydrogens is 178 g/mol. The van der Waals surface area contributed by atoms with Gasteiger partial charge < -0.3 is 10.4 Å². The molecule has 0 radical (unpaired) electrons. The van der Waals surface area contributed by atoms with Crippen LogP contribution in [-0.4, -0.2) is 28.2 Å². The zero-order valence-electron chi connectivity index (χ0n) is 6.44. The van der Waals surface area contributed by atoms with Gasteiger partial charge in [-0.3, -0.25) is 5.73 Å². The minimum absolute atomic E-state index is 0.0365. The second-order valence-electron chi connectivity index (χ2n) is 2.18. The Morgan fingerprint density at radius 2 is 2.58 bits per heavy atom. The Bertz CT molecular complexity index is 264. The second-order valence-corrected chi connectivity index (χ2v) is 3.21. The summed E-state index contributed by atoms with van der Waals surface area (Å²) in [6.07, 6.45) is 4.59. The van der Waals surface area contributed by atoms with E-state index >= 15 is 0 Å². The summed E-state index contributed by atoms with van der Waals surface area (Å²) in [5.41, 5.74) is 5.60. The van der Waals surface area contributed by atoms with E-state index in [2.05, 4.69) is 10.3 Å². The van der Waals surface area contributed by atoms with Gasteiger partial charge >= 0.3 is 5.97 Å². The molecule has 0 aromatic rings. The van der Waals surface area contributed by atoms with Crippen LogP contribution >= 0.6 is 11.8 Å². The van der Waals surface area contributed by atoms with Crippen LogP contribution in [-0.2, 0) is 4.79 Å². The molecule has 5 nitrogen and oxygen atoms in total. The number of nitrogens with one attached hydrogen (secondary N) is 1. The predicted molar refractivity (Wildman–Crippen MR) is 47.8 cm³/mol. The van der Waals surface area contributed by atoms with E-state index in [4.69, 9.17) is 10.8 Å². The highest BCUT2D eigenvalue weighted by Gasteiger charge is 2.25. The van der Waals surface area contributed by atoms with Gasteiger partial charge in [-0.2, -0.15) is 0 Å². The third-order valence-electron chi connectivity index (χ3n) is 1.35. The van der Waals surface area contributed by atoms with E-state index in [1.807, 2.05) is 0 Å². The van der Waals surface area contributed by atoms with Crippen molar-refractivity contribution in [3.63, 3.8) is 0 Å². The molecule has 0 aromatic carbocycles. The van der Waals surface area contributed by atoms with Crippen molar-refractivity contribution in [3.8, 4) is 0 Å². The normalized spacial score (nSPS) is 27.7. The van der Waals surface area contributed by atoms with Crippen LogP contribution in [0.5, 0.6) is 0 Å². The first-order valence-corrected chi connectivity index (χ1v) is 4.41. The van der Waals surface area contributed by atoms with Crippen LogP contribution in [0.15, 0.2) is 17.3 Å². The van der Waals surface area contributed by atoms with Crippen molar-refractivity contribution in [1.82, 2.24) is 5.32 Å². The SMILES string of the molecule is CSC1(N)N=C(C(=O)O)C=CN1. The predicted octanol–water partition coefficient (Wildman–Crippen LogP) is -0.438. The van der Waals surface area contributed by atoms with Gasteiger partial charge in [0.1, 0.15) is 5.71 Å². The summed E-state index contributed by atoms with van der Waals surface area (Å²) in [6, 6.07) is 0. The molecule has 1 heterocycles. The number of nitrogens with zero attached hydrogens (tertiary/aromatic N) is 1. The number of carboxylic acids is 1. The quantitative estimate of drug-likeness (QED) is 0.510. The lowest BCUT2D eigenvalue weighted by Gasteiger charge is -2.25. The fourth-order valence-electron chi connectivity index (χ4n) is 0.712. The van der Waals surface area contributed by atoms with Crippen molar-refractivity contribution < 1.29 is 9.90 Å². The van der Waals surface area contributed by atoms with Gasteiger partial charge in [-0.1, -0.05) is 11.8 Å². The molecule has 4 N–H and O–H groups in total. The molecule has 0 fully saturated rings. The molecule has 0 saturated carbocycles. The lowest BCUT2D eigenvalue weighted by atomic mass is 10.3. The molecule has 0 spiro atoms. The van der Waals surface area contributed by atoms with Crippen molar-refractivity contribution in [3.05, 3.63) is 12.3 Å². The number of rotatable bonds is 2. The van der Waals surface area contributed by atoms with Gasteiger partial charge in [-0.15, -0.1) is 0 Å². The molecular formula is C6H9N3O2S. The van der Waals surface area contributed by atoms with Gasteiger partial charge in [-0.05, 0) is 12.3 Å². The molecule has 0 aromatic heterocycles. The summed E-state index contributed by atoms with van der Waals surface area (Å²) in [6.45, 7) is 0. The molecule has 1 unspecified atom stereocenters. The molecule has 0 amide bonds. The monoisotopic (exact) mass is 187 g/mol. The fraction of sp³-hybridized carbons (Fsp3) is 0.333. The highest BCUT2D eigenvalue weighted by molar-refractivity contribution is 7.99. The summed E-state index contributed by atoms with van der Waals surface area (Å²) in [5, 5.41) is 10.3. The van der Waals surface area contributed by atoms with Crippen molar-refractivity contribution in [2.45, 2.75) is 5.12 Å². The number of aliphatic carboxylic acids is 1. The van der Waals surface area contributed by atoms with Crippen molar-refractivity contribution in [2.75, 3.05) is 6.26 Å². The number of hydrogen-bond donors (Lipinski definition) is 3. The van der Waals surface area contributed by atoms with Gasteiger partial charge in [0.15, 0.2) is 0 Å². The lowest BCUT2D eigenvalue weighted by molar-refractivity contribution is -0.129. The molecule has 66 valence electrons. The van der Waals surface area contributed by atoms with Crippen molar-refractivity contribution in [2.24, 2.45) is 10.7 Å². The number of carboxylic acid groups (broad SMARTS) is 1. The Balaban J connectivity index is 2.89. The first-order chi connectivity index (χ1) is 5.57. The van der Waals surface area contributed by atoms with E-state index in [-0.39, 0.29) is 5.71 Å². The zero-order valence-corrected chi connectivity index (χ0v) is 7.26. The number of nitrogens with two attached hydrogens (primary N) is 1. The molecule has 12 heavy (non-hydrogen) atoms. The van der Waals surface area contributed by atoms with Crippen LogP contribution in [0.3, 0.4) is 0 Å². The summed E-state index contributed by atoms with van der Waals surface area (Å²) in [5.74, 6) is -1.07. The van der Waals surface area contributed by atoms with Gasteiger partial charge in [-0.25, -0.2) is 9.79 Å². The number of hydrogen-bond acceptors (Lipinski definition) is 5. The standard InChI is InChI=1S/C6H9N3O2S/c1-12-6(7)8-3-2-4(9-6)5(10)11/h2-3,8H,7H2,1H3,(H,10,11). The highest BCUT2D eigenvalue weighted by Crippen LogP contribution is 2.16. The lowest BCUT2D eigenvalue weighted by Crippen LogP contribution is -2.49. The first kappa shape index (κ1) is 9.08. The first-order valence-electron chi connectivity index (χ1n) is 3.19. The summed E-state index contributed by atoms with van der Waals surface area (Å²) in [4.78, 5) is 14.3. The highest BCUT2D eigenvalue weighted by atomic mass is 32.2. The van der Waals surface area contributed by atoms with Crippen LogP contribution in [0.25, 0.3) is 0 Å². The fourth-order valence-corrected chi connectivity index (χ4v) is 1.09. The summed E-state index contributed by atoms with van der Waals surface area (Å²) >= 11 is 1.23. The molecule has 6 heteroatoms. The Kier molecular flexibility index (Phi) is 2.39. The van der Waals surface area contributed by atoms with Gasteiger partial charge in [0.05, 0.1) is 0 Å². The average Bonchev–Trinajstić information content (AvgIpc) is 2.05. The molecule has 0 aliphatic carbocycles. The largest absolute Gasteiger partial charge is 0.477 e. The third-order valence-corrected chi connectivity index (χ3v) is 2.18. The maximum absolute atomic E-state index is 10.5. The topological polar surface area (TPSA) is 87.7 Å². The van der Waals surface area contributed by atoms with E-state index in [0.29, 0.717) is 0 Å². The third kappa shape index (κ3) is 1.77. The van der Waals surface area contributed by atoms with E-state index < -0.39 is 11.1 Å². The van der Waals surface area contributed by atoms with Gasteiger partial charge in [0, 0.05) is 6.20 Å². The van der Waals surface area contributed by atoms with Crippen LogP contribution in [0.1, 0.15) is 0 Å². The maximum atomic E-state index is 10.5.